The van der Waals surface area contributed by atoms with Gasteiger partial charge in [0, 0.05) is 25.2 Å². The number of aryl methyl sites for hydroxylation is 1. The van der Waals surface area contributed by atoms with Gasteiger partial charge in [0.25, 0.3) is 0 Å². The number of carbonyl (C=O) groups is 1. The van der Waals surface area contributed by atoms with Gasteiger partial charge in [0.2, 0.25) is 0 Å². The van der Waals surface area contributed by atoms with Gasteiger partial charge < -0.3 is 24.4 Å². The second kappa shape index (κ2) is 11.8. The van der Waals surface area contributed by atoms with Crippen molar-refractivity contribution >= 4 is 11.5 Å². The summed E-state index contributed by atoms with van der Waals surface area (Å²) >= 11 is 0. The van der Waals surface area contributed by atoms with E-state index in [1.165, 1.54) is 0 Å². The molecule has 1 spiro atoms. The molecular weight excluding hydrogens is 480 g/mol. The number of allylic oxidation sites excluding steroid dienone is 3. The number of aromatic hydroxyl groups is 1. The number of phenols is 1. The third-order valence-corrected chi connectivity index (χ3v) is 8.57. The van der Waals surface area contributed by atoms with Crippen molar-refractivity contribution in [3.05, 3.63) is 58.7 Å². The predicted molar refractivity (Wildman–Crippen MR) is 149 cm³/mol. The van der Waals surface area contributed by atoms with E-state index >= 15 is 0 Å². The fraction of sp³-hybridized carbons (Fsp3) is 0.594. The summed E-state index contributed by atoms with van der Waals surface area (Å²) in [4.78, 5) is 13.7. The van der Waals surface area contributed by atoms with Crippen LogP contribution < -0.4 is 0 Å². The minimum Gasteiger partial charge on any atom is -0.508 e. The van der Waals surface area contributed by atoms with Gasteiger partial charge in [-0.05, 0) is 80.4 Å². The number of ether oxygens (including phenoxy) is 3. The quantitative estimate of drug-likeness (QED) is 0.322. The number of phenolic OH excluding ortho intramolecular Hbond substituents is 1. The van der Waals surface area contributed by atoms with E-state index in [-0.39, 0.29) is 30.0 Å². The largest absolute Gasteiger partial charge is 0.508 e. The van der Waals surface area contributed by atoms with E-state index in [1.807, 2.05) is 52.0 Å². The summed E-state index contributed by atoms with van der Waals surface area (Å²) < 4.78 is 19.3. The zero-order valence-corrected chi connectivity index (χ0v) is 23.7. The average molecular weight is 525 g/mol. The standard InChI is InChI=1S/C32H44O6/c1-7-24-15-28-27(17-29(24)33)20(3)9-8-10-21(4)30(34)22(5)11-12-25-16-26(36-31(28)35)18-32(38-25)14-13-19(2)23(6)37-32/h8-11,15,17,19,21,23,25-26,30,33-34H,7,12-14,16,18H2,1-6H3/b10-8-,20-9-,22-11-/t19-,21-,23+,25+,26+,30-,32-/m0/s1. The maximum atomic E-state index is 13.7. The molecule has 0 amide bonds. The second-order valence-electron chi connectivity index (χ2n) is 11.6. The molecule has 1 aromatic rings. The van der Waals surface area contributed by atoms with Gasteiger partial charge in [-0.2, -0.15) is 0 Å². The van der Waals surface area contributed by atoms with E-state index in [4.69, 9.17) is 14.2 Å². The first-order valence-electron chi connectivity index (χ1n) is 14.1. The molecule has 3 heterocycles. The number of hydrogen-bond donors (Lipinski definition) is 2. The van der Waals surface area contributed by atoms with Crippen molar-refractivity contribution in [2.75, 3.05) is 0 Å². The summed E-state index contributed by atoms with van der Waals surface area (Å²) in [6, 6.07) is 3.41. The molecule has 6 nitrogen and oxygen atoms in total. The SMILES string of the molecule is CCc1cc2c(cc1O)/C(C)=C\C=C/[C@H](C)[C@H](O)/C(C)=C\C[C@@H]1C[C@H](C[C@]3(CC[C@H](C)[C@@H](C)O3)O1)OC2=O. The normalized spacial score (nSPS) is 38.3. The zero-order chi connectivity index (χ0) is 27.6. The topological polar surface area (TPSA) is 85.2 Å². The van der Waals surface area contributed by atoms with Gasteiger partial charge in [0.1, 0.15) is 11.9 Å². The van der Waals surface area contributed by atoms with Crippen LogP contribution in [0.5, 0.6) is 5.75 Å². The number of esters is 1. The smallest absolute Gasteiger partial charge is 0.339 e. The van der Waals surface area contributed by atoms with Gasteiger partial charge in [0.05, 0.1) is 23.9 Å². The van der Waals surface area contributed by atoms with Crippen LogP contribution in [-0.4, -0.2) is 46.4 Å². The molecule has 4 rings (SSSR count). The monoisotopic (exact) mass is 524 g/mol. The summed E-state index contributed by atoms with van der Waals surface area (Å²) in [6.07, 6.45) is 10.6. The molecule has 6 heteroatoms. The van der Waals surface area contributed by atoms with Crippen LogP contribution in [-0.2, 0) is 20.6 Å². The van der Waals surface area contributed by atoms with Gasteiger partial charge in [-0.15, -0.1) is 0 Å². The van der Waals surface area contributed by atoms with Gasteiger partial charge in [-0.1, -0.05) is 45.1 Å². The van der Waals surface area contributed by atoms with Crippen molar-refractivity contribution in [1.29, 1.82) is 0 Å². The highest BCUT2D eigenvalue weighted by atomic mass is 16.7. The van der Waals surface area contributed by atoms with Crippen molar-refractivity contribution in [1.82, 2.24) is 0 Å². The summed E-state index contributed by atoms with van der Waals surface area (Å²) in [6.45, 7) is 12.1. The Morgan fingerprint density at radius 2 is 1.84 bits per heavy atom. The Morgan fingerprint density at radius 3 is 2.55 bits per heavy atom. The molecule has 0 radical (unpaired) electrons. The summed E-state index contributed by atoms with van der Waals surface area (Å²) in [7, 11) is 0. The maximum absolute atomic E-state index is 13.7. The Balaban J connectivity index is 1.76. The van der Waals surface area contributed by atoms with E-state index in [2.05, 4.69) is 13.8 Å². The predicted octanol–water partition coefficient (Wildman–Crippen LogP) is 6.50. The van der Waals surface area contributed by atoms with Gasteiger partial charge in [0.15, 0.2) is 5.79 Å². The van der Waals surface area contributed by atoms with E-state index in [0.29, 0.717) is 48.3 Å². The van der Waals surface area contributed by atoms with Crippen molar-refractivity contribution < 1.29 is 29.2 Å². The highest BCUT2D eigenvalue weighted by Crippen LogP contribution is 2.43. The van der Waals surface area contributed by atoms with E-state index in [9.17, 15) is 15.0 Å². The molecule has 1 aromatic carbocycles. The molecule has 0 saturated carbocycles. The molecule has 0 unspecified atom stereocenters. The minimum atomic E-state index is -0.788. The lowest BCUT2D eigenvalue weighted by Gasteiger charge is -2.49. The number of benzene rings is 1. The fourth-order valence-corrected chi connectivity index (χ4v) is 5.84. The van der Waals surface area contributed by atoms with Crippen LogP contribution in [0, 0.1) is 11.8 Å². The third-order valence-electron chi connectivity index (χ3n) is 8.57. The Labute approximate surface area is 227 Å². The Kier molecular flexibility index (Phi) is 8.85. The van der Waals surface area contributed by atoms with E-state index < -0.39 is 17.9 Å². The minimum absolute atomic E-state index is 0.0482. The molecule has 2 saturated heterocycles. The number of hydrogen-bond acceptors (Lipinski definition) is 6. The third kappa shape index (κ3) is 6.24. The molecular formula is C32H44O6. The lowest BCUT2D eigenvalue weighted by Crippen LogP contribution is -2.53. The maximum Gasteiger partial charge on any atom is 0.339 e. The number of carbonyl (C=O) groups excluding carboxylic acids is 1. The van der Waals surface area contributed by atoms with Crippen LogP contribution in [0.25, 0.3) is 5.57 Å². The lowest BCUT2D eigenvalue weighted by molar-refractivity contribution is -0.331. The van der Waals surface area contributed by atoms with Crippen molar-refractivity contribution in [2.24, 2.45) is 11.8 Å². The molecule has 38 heavy (non-hydrogen) atoms. The van der Waals surface area contributed by atoms with Gasteiger partial charge >= 0.3 is 5.97 Å². The fourth-order valence-electron chi connectivity index (χ4n) is 5.84. The summed E-state index contributed by atoms with van der Waals surface area (Å²) in [5.41, 5.74) is 3.50. The second-order valence-corrected chi connectivity index (χ2v) is 11.6. The first-order chi connectivity index (χ1) is 18.0. The van der Waals surface area contributed by atoms with Crippen molar-refractivity contribution in [3.63, 3.8) is 0 Å². The molecule has 0 aliphatic carbocycles. The van der Waals surface area contributed by atoms with Crippen LogP contribution in [0.3, 0.4) is 0 Å². The summed E-state index contributed by atoms with van der Waals surface area (Å²) in [5, 5.41) is 21.5. The van der Waals surface area contributed by atoms with Crippen LogP contribution >= 0.6 is 0 Å². The highest BCUT2D eigenvalue weighted by Gasteiger charge is 2.47. The van der Waals surface area contributed by atoms with E-state index in [1.54, 1.807) is 12.1 Å². The molecule has 0 aromatic heterocycles. The Bertz CT molecular complexity index is 1120. The van der Waals surface area contributed by atoms with Crippen LogP contribution in [0.4, 0.5) is 0 Å². The molecule has 2 fully saturated rings. The highest BCUT2D eigenvalue weighted by molar-refractivity contribution is 5.96. The molecule has 2 N–H and O–H groups in total. The molecule has 7 atom stereocenters. The van der Waals surface area contributed by atoms with Crippen LogP contribution in [0.2, 0.25) is 0 Å². The first-order valence-corrected chi connectivity index (χ1v) is 14.1. The molecule has 3 aliphatic rings. The van der Waals surface area contributed by atoms with Gasteiger partial charge in [-0.3, -0.25) is 0 Å². The molecule has 3 aliphatic heterocycles. The number of aliphatic hydroxyl groups is 1. The average Bonchev–Trinajstić information content (AvgIpc) is 2.88. The Hall–Kier alpha value is -2.41. The van der Waals surface area contributed by atoms with Crippen molar-refractivity contribution in [2.45, 2.75) is 110 Å². The van der Waals surface area contributed by atoms with Crippen LogP contribution in [0.15, 0.2) is 42.0 Å². The molecule has 208 valence electrons. The van der Waals surface area contributed by atoms with E-state index in [0.717, 1.165) is 24.0 Å². The van der Waals surface area contributed by atoms with Crippen molar-refractivity contribution in [3.8, 4) is 5.75 Å². The zero-order valence-electron chi connectivity index (χ0n) is 23.7. The first kappa shape index (κ1) is 28.6. The molecule has 2 bridgehead atoms. The number of fused-ring (bicyclic) bond motifs is 3. The number of rotatable bonds is 1. The summed E-state index contributed by atoms with van der Waals surface area (Å²) in [5.74, 6) is -0.682. The Morgan fingerprint density at radius 1 is 1.08 bits per heavy atom. The van der Waals surface area contributed by atoms with Crippen LogP contribution in [0.1, 0.15) is 95.1 Å². The number of aliphatic hydroxyl groups excluding tert-OH is 1. The van der Waals surface area contributed by atoms with Gasteiger partial charge in [-0.25, -0.2) is 4.79 Å². The lowest BCUT2D eigenvalue weighted by atomic mass is 9.86.